The first kappa shape index (κ1) is 72.4. The van der Waals surface area contributed by atoms with Crippen LogP contribution in [0.2, 0.25) is 0 Å². The molecule has 438 valence electrons. The Morgan fingerprint density at radius 3 is 0.760 bits per heavy atom. The summed E-state index contributed by atoms with van der Waals surface area (Å²) >= 11 is 0. The number of carbonyl (C=O) groups excluding carboxylic acids is 3. The number of allylic oxidation sites excluding steroid dienone is 8. The molecule has 0 aliphatic carbocycles. The lowest BCUT2D eigenvalue weighted by Gasteiger charge is -2.18. The molecule has 0 spiro atoms. The lowest BCUT2D eigenvalue weighted by atomic mass is 10.0. The third-order valence-corrected chi connectivity index (χ3v) is 14.8. The largest absolute Gasteiger partial charge is 0.462 e. The monoisotopic (exact) mass is 1050 g/mol. The van der Waals surface area contributed by atoms with E-state index in [1.165, 1.54) is 244 Å². The summed E-state index contributed by atoms with van der Waals surface area (Å²) in [6, 6.07) is 0. The van der Waals surface area contributed by atoms with Crippen molar-refractivity contribution >= 4 is 17.9 Å². The van der Waals surface area contributed by atoms with Crippen molar-refractivity contribution in [3.05, 3.63) is 48.6 Å². The Hall–Kier alpha value is -2.63. The highest BCUT2D eigenvalue weighted by Gasteiger charge is 2.19. The molecule has 0 aliphatic heterocycles. The second kappa shape index (κ2) is 63.9. The molecule has 0 radical (unpaired) electrons. The van der Waals surface area contributed by atoms with Gasteiger partial charge in [-0.05, 0) is 83.5 Å². The minimum atomic E-state index is -0.770. The van der Waals surface area contributed by atoms with Crippen LogP contribution in [-0.4, -0.2) is 37.2 Å². The zero-order chi connectivity index (χ0) is 54.3. The van der Waals surface area contributed by atoms with Crippen molar-refractivity contribution in [2.24, 2.45) is 0 Å². The highest BCUT2D eigenvalue weighted by Crippen LogP contribution is 2.17. The Morgan fingerprint density at radius 1 is 0.267 bits per heavy atom. The summed E-state index contributed by atoms with van der Waals surface area (Å²) in [6.07, 6.45) is 80.3. The summed E-state index contributed by atoms with van der Waals surface area (Å²) in [5.41, 5.74) is 0. The molecule has 0 rings (SSSR count). The summed E-state index contributed by atoms with van der Waals surface area (Å²) < 4.78 is 16.8. The molecule has 0 aromatic carbocycles. The molecule has 0 bridgehead atoms. The first-order valence-electron chi connectivity index (χ1n) is 33.1. The molecule has 0 aromatic rings. The van der Waals surface area contributed by atoms with E-state index in [1.807, 2.05) is 0 Å². The maximum absolute atomic E-state index is 12.8. The first-order valence-corrected chi connectivity index (χ1v) is 33.1. The van der Waals surface area contributed by atoms with Crippen molar-refractivity contribution < 1.29 is 28.6 Å². The van der Waals surface area contributed by atoms with Crippen LogP contribution < -0.4 is 0 Å². The molecule has 1 unspecified atom stereocenters. The highest BCUT2D eigenvalue weighted by molar-refractivity contribution is 5.71. The van der Waals surface area contributed by atoms with Crippen LogP contribution in [0.15, 0.2) is 48.6 Å². The summed E-state index contributed by atoms with van der Waals surface area (Å²) in [4.78, 5) is 38.0. The van der Waals surface area contributed by atoms with Crippen LogP contribution in [0.25, 0.3) is 0 Å². The summed E-state index contributed by atoms with van der Waals surface area (Å²) in [5, 5.41) is 0. The number of esters is 3. The van der Waals surface area contributed by atoms with E-state index in [1.54, 1.807) is 0 Å². The topological polar surface area (TPSA) is 78.9 Å². The fourth-order valence-electron chi connectivity index (χ4n) is 9.80. The zero-order valence-electron chi connectivity index (χ0n) is 50.3. The van der Waals surface area contributed by atoms with Crippen molar-refractivity contribution in [3.63, 3.8) is 0 Å². The van der Waals surface area contributed by atoms with Gasteiger partial charge in [-0.2, -0.15) is 0 Å². The van der Waals surface area contributed by atoms with Gasteiger partial charge in [-0.3, -0.25) is 14.4 Å². The quantitative estimate of drug-likeness (QED) is 0.0261. The second-order valence-corrected chi connectivity index (χ2v) is 22.4. The summed E-state index contributed by atoms with van der Waals surface area (Å²) in [7, 11) is 0. The Bertz CT molecular complexity index is 1300. The molecule has 0 heterocycles. The maximum Gasteiger partial charge on any atom is 0.306 e. The molecular weight excluding hydrogens is 925 g/mol. The molecule has 1 atom stereocenters. The lowest BCUT2D eigenvalue weighted by Crippen LogP contribution is -2.30. The smallest absolute Gasteiger partial charge is 0.306 e. The average molecular weight is 1050 g/mol. The fourth-order valence-corrected chi connectivity index (χ4v) is 9.80. The molecule has 0 N–H and O–H groups in total. The second-order valence-electron chi connectivity index (χ2n) is 22.4. The van der Waals surface area contributed by atoms with E-state index in [0.29, 0.717) is 19.3 Å². The lowest BCUT2D eigenvalue weighted by molar-refractivity contribution is -0.167. The first-order chi connectivity index (χ1) is 37.0. The predicted octanol–water partition coefficient (Wildman–Crippen LogP) is 22.6. The van der Waals surface area contributed by atoms with E-state index >= 15 is 0 Å². The number of hydrogen-bond donors (Lipinski definition) is 0. The van der Waals surface area contributed by atoms with Crippen LogP contribution in [0.5, 0.6) is 0 Å². The predicted molar refractivity (Wildman–Crippen MR) is 325 cm³/mol. The average Bonchev–Trinajstić information content (AvgIpc) is 3.41. The van der Waals surface area contributed by atoms with E-state index in [-0.39, 0.29) is 31.1 Å². The fraction of sp³-hybridized carbons (Fsp3) is 0.841. The molecule has 0 aliphatic rings. The molecule has 0 fully saturated rings. The van der Waals surface area contributed by atoms with Crippen LogP contribution in [0.4, 0.5) is 0 Å². The van der Waals surface area contributed by atoms with Crippen molar-refractivity contribution in [1.82, 2.24) is 0 Å². The van der Waals surface area contributed by atoms with Gasteiger partial charge in [-0.1, -0.05) is 301 Å². The van der Waals surface area contributed by atoms with Crippen molar-refractivity contribution in [2.75, 3.05) is 13.2 Å². The van der Waals surface area contributed by atoms with E-state index < -0.39 is 6.10 Å². The van der Waals surface area contributed by atoms with Gasteiger partial charge in [0, 0.05) is 19.3 Å². The summed E-state index contributed by atoms with van der Waals surface area (Å²) in [6.45, 7) is 6.61. The molecule has 6 heteroatoms. The van der Waals surface area contributed by atoms with Gasteiger partial charge in [0.05, 0.1) is 0 Å². The number of rotatable bonds is 61. The van der Waals surface area contributed by atoms with Crippen molar-refractivity contribution in [1.29, 1.82) is 0 Å². The molecule has 6 nitrogen and oxygen atoms in total. The van der Waals surface area contributed by atoms with E-state index in [9.17, 15) is 14.4 Å². The van der Waals surface area contributed by atoms with E-state index in [4.69, 9.17) is 14.2 Å². The molecule has 75 heavy (non-hydrogen) atoms. The Morgan fingerprint density at radius 2 is 0.480 bits per heavy atom. The normalized spacial score (nSPS) is 12.3. The van der Waals surface area contributed by atoms with Crippen LogP contribution in [0.3, 0.4) is 0 Å². The SMILES string of the molecule is CCCCCCC/C=C\C/C=C\C/C=C\CCCCCCCCCCCCCCCCCCCCC(=O)OCC(COC(=O)CCCCCCCC)OC(=O)CCCCCCCCC/C=C\CCCCCCCCC. The van der Waals surface area contributed by atoms with Crippen LogP contribution >= 0.6 is 0 Å². The molecule has 0 saturated heterocycles. The third kappa shape index (κ3) is 62.1. The summed E-state index contributed by atoms with van der Waals surface area (Å²) in [5.74, 6) is -0.866. The van der Waals surface area contributed by atoms with Gasteiger partial charge in [-0.25, -0.2) is 0 Å². The standard InChI is InChI=1S/C69H126O6/c1-4-7-10-13-16-18-20-22-24-26-28-29-30-31-32-33-34-35-36-37-38-39-40-41-42-44-45-47-49-51-53-56-59-62-68(71)74-65-66(64-73-67(70)61-58-55-15-12-9-6-3)75-69(72)63-60-57-54-52-50-48-46-43-27-25-23-21-19-17-14-11-8-5-2/h20,22,25-28,30-31,66H,4-19,21,23-24,29,32-65H2,1-3H3/b22-20-,27-25-,28-26-,31-30-. The third-order valence-electron chi connectivity index (χ3n) is 14.8. The Balaban J connectivity index is 3.96. The number of unbranched alkanes of at least 4 members (excludes halogenated alkanes) is 42. The van der Waals surface area contributed by atoms with Gasteiger partial charge < -0.3 is 14.2 Å². The molecule has 0 saturated carbocycles. The van der Waals surface area contributed by atoms with Gasteiger partial charge in [0.1, 0.15) is 13.2 Å². The number of ether oxygens (including phenoxy) is 3. The van der Waals surface area contributed by atoms with Crippen molar-refractivity contribution in [3.8, 4) is 0 Å². The minimum Gasteiger partial charge on any atom is -0.462 e. The van der Waals surface area contributed by atoms with Gasteiger partial charge in [0.25, 0.3) is 0 Å². The molecule has 0 amide bonds. The van der Waals surface area contributed by atoms with Gasteiger partial charge in [-0.15, -0.1) is 0 Å². The van der Waals surface area contributed by atoms with E-state index in [2.05, 4.69) is 69.4 Å². The zero-order valence-corrected chi connectivity index (χ0v) is 50.3. The highest BCUT2D eigenvalue weighted by atomic mass is 16.6. The molecular formula is C69H126O6. The van der Waals surface area contributed by atoms with E-state index in [0.717, 1.165) is 70.6 Å². The van der Waals surface area contributed by atoms with Gasteiger partial charge >= 0.3 is 17.9 Å². The van der Waals surface area contributed by atoms with Crippen LogP contribution in [0.1, 0.15) is 355 Å². The number of hydrogen-bond acceptors (Lipinski definition) is 6. The molecule has 0 aromatic heterocycles. The Kier molecular flexibility index (Phi) is 61.7. The van der Waals surface area contributed by atoms with Gasteiger partial charge in [0.2, 0.25) is 0 Å². The number of carbonyl (C=O) groups is 3. The Labute approximate surface area is 467 Å². The van der Waals surface area contributed by atoms with Crippen LogP contribution in [0, 0.1) is 0 Å². The van der Waals surface area contributed by atoms with Gasteiger partial charge in [0.15, 0.2) is 6.10 Å². The minimum absolute atomic E-state index is 0.0707. The van der Waals surface area contributed by atoms with Crippen LogP contribution in [-0.2, 0) is 28.6 Å². The maximum atomic E-state index is 12.8. The van der Waals surface area contributed by atoms with Crippen molar-refractivity contribution in [2.45, 2.75) is 361 Å².